The minimum absolute atomic E-state index is 0.471. The van der Waals surface area contributed by atoms with Crippen molar-refractivity contribution in [2.24, 2.45) is 0 Å². The number of benzene rings is 1. The van der Waals surface area contributed by atoms with Gasteiger partial charge in [0.2, 0.25) is 10.9 Å². The summed E-state index contributed by atoms with van der Waals surface area (Å²) in [5.74, 6) is 0.552. The summed E-state index contributed by atoms with van der Waals surface area (Å²) in [6.45, 7) is 4.24. The molecule has 0 spiro atoms. The van der Waals surface area contributed by atoms with E-state index in [2.05, 4.69) is 58.1 Å². The minimum Gasteiger partial charge on any atom is -0.360 e. The molecule has 1 fully saturated rings. The Balaban J connectivity index is 1.53. The first-order valence-corrected chi connectivity index (χ1v) is 10.4. The lowest BCUT2D eigenvalue weighted by Crippen LogP contribution is -2.39. The average molecular weight is 386 g/mol. The summed E-state index contributed by atoms with van der Waals surface area (Å²) in [7, 11) is 0. The first kappa shape index (κ1) is 17.4. The molecule has 2 aromatic heterocycles. The van der Waals surface area contributed by atoms with Crippen molar-refractivity contribution in [3.05, 3.63) is 34.7 Å². The Morgan fingerprint density at radius 2 is 2.04 bits per heavy atom. The predicted molar refractivity (Wildman–Crippen MR) is 112 cm³/mol. The van der Waals surface area contributed by atoms with Crippen molar-refractivity contribution in [3.63, 3.8) is 0 Å². The molecule has 4 rings (SSSR count). The maximum absolute atomic E-state index is 5.45. The summed E-state index contributed by atoms with van der Waals surface area (Å²) in [6, 6.07) is 6.94. The normalized spacial score (nSPS) is 15.3. The Kier molecular flexibility index (Phi) is 4.91. The maximum atomic E-state index is 5.45. The van der Waals surface area contributed by atoms with Crippen LogP contribution in [-0.2, 0) is 0 Å². The molecule has 0 saturated heterocycles. The van der Waals surface area contributed by atoms with E-state index in [-0.39, 0.29) is 0 Å². The van der Waals surface area contributed by atoms with E-state index in [0.29, 0.717) is 17.1 Å². The quantitative estimate of drug-likeness (QED) is 0.641. The molecule has 7 heteroatoms. The van der Waals surface area contributed by atoms with Crippen molar-refractivity contribution >= 4 is 39.6 Å². The number of thiocarbonyl (C=S) groups is 1. The van der Waals surface area contributed by atoms with E-state index >= 15 is 0 Å². The van der Waals surface area contributed by atoms with Gasteiger partial charge in [0.15, 0.2) is 5.11 Å². The summed E-state index contributed by atoms with van der Waals surface area (Å²) in [6.07, 6.45) is 6.25. The zero-order valence-electron chi connectivity index (χ0n) is 15.1. The third-order valence-corrected chi connectivity index (χ3v) is 5.94. The molecule has 0 amide bonds. The van der Waals surface area contributed by atoms with Crippen molar-refractivity contribution in [1.82, 2.24) is 19.9 Å². The standard InChI is InChI=1S/C19H23N5S2/c1-12-8-9-15(13(2)10-12)16-11-26-19-22-17(23-24(16)19)21-18(25)20-14-6-4-3-5-7-14/h8-11,14H,3-7H2,1-2H3,(H2,20,21,23,25). The highest BCUT2D eigenvalue weighted by Gasteiger charge is 2.16. The molecule has 0 bridgehead atoms. The van der Waals surface area contributed by atoms with Crippen molar-refractivity contribution in [2.75, 3.05) is 5.32 Å². The second kappa shape index (κ2) is 7.32. The summed E-state index contributed by atoms with van der Waals surface area (Å²) >= 11 is 7.04. The number of thiazole rings is 1. The Labute approximate surface area is 162 Å². The molecule has 1 aliphatic rings. The summed E-state index contributed by atoms with van der Waals surface area (Å²) in [4.78, 5) is 5.43. The monoisotopic (exact) mass is 385 g/mol. The summed E-state index contributed by atoms with van der Waals surface area (Å²) < 4.78 is 1.90. The number of aryl methyl sites for hydroxylation is 2. The molecule has 0 aliphatic heterocycles. The van der Waals surface area contributed by atoms with Crippen LogP contribution in [0.5, 0.6) is 0 Å². The lowest BCUT2D eigenvalue weighted by Gasteiger charge is -2.23. The molecular weight excluding hydrogens is 362 g/mol. The number of anilines is 1. The van der Waals surface area contributed by atoms with Crippen LogP contribution in [0.2, 0.25) is 0 Å². The number of fused-ring (bicyclic) bond motifs is 1. The van der Waals surface area contributed by atoms with E-state index in [1.807, 2.05) is 4.52 Å². The van der Waals surface area contributed by atoms with Gasteiger partial charge < -0.3 is 5.32 Å². The Morgan fingerprint density at radius 3 is 2.81 bits per heavy atom. The van der Waals surface area contributed by atoms with Gasteiger partial charge in [-0.2, -0.15) is 4.98 Å². The fraction of sp³-hybridized carbons (Fsp3) is 0.421. The first-order valence-electron chi connectivity index (χ1n) is 9.09. The molecule has 26 heavy (non-hydrogen) atoms. The highest BCUT2D eigenvalue weighted by atomic mass is 32.1. The topological polar surface area (TPSA) is 54.2 Å². The molecule has 1 saturated carbocycles. The van der Waals surface area contributed by atoms with Gasteiger partial charge in [-0.1, -0.05) is 43.0 Å². The third kappa shape index (κ3) is 3.59. The van der Waals surface area contributed by atoms with E-state index in [0.717, 1.165) is 10.7 Å². The molecule has 2 heterocycles. The van der Waals surface area contributed by atoms with Crippen molar-refractivity contribution < 1.29 is 0 Å². The smallest absolute Gasteiger partial charge is 0.250 e. The molecule has 1 aliphatic carbocycles. The fourth-order valence-corrected chi connectivity index (χ4v) is 4.67. The Hall–Kier alpha value is -1.99. The van der Waals surface area contributed by atoms with Gasteiger partial charge in [0.25, 0.3) is 0 Å². The zero-order valence-corrected chi connectivity index (χ0v) is 16.7. The second-order valence-electron chi connectivity index (χ2n) is 7.00. The van der Waals surface area contributed by atoms with Gasteiger partial charge in [-0.15, -0.1) is 16.4 Å². The van der Waals surface area contributed by atoms with Gasteiger partial charge in [0.05, 0.1) is 5.69 Å². The maximum Gasteiger partial charge on any atom is 0.250 e. The van der Waals surface area contributed by atoms with Crippen molar-refractivity contribution in [1.29, 1.82) is 0 Å². The summed E-state index contributed by atoms with van der Waals surface area (Å²) in [5.41, 5.74) is 4.75. The Bertz CT molecular complexity index is 937. The number of hydrogen-bond donors (Lipinski definition) is 2. The fourth-order valence-electron chi connectivity index (χ4n) is 3.59. The first-order chi connectivity index (χ1) is 12.6. The van der Waals surface area contributed by atoms with E-state index in [1.165, 1.54) is 48.8 Å². The molecule has 0 radical (unpaired) electrons. The van der Waals surface area contributed by atoms with Gasteiger partial charge in [0.1, 0.15) is 0 Å². The van der Waals surface area contributed by atoms with Crippen LogP contribution >= 0.6 is 23.6 Å². The number of nitrogens with one attached hydrogen (secondary N) is 2. The van der Waals surface area contributed by atoms with Gasteiger partial charge in [-0.25, -0.2) is 4.52 Å². The number of nitrogens with zero attached hydrogens (tertiary/aromatic N) is 3. The molecule has 0 unspecified atom stereocenters. The summed E-state index contributed by atoms with van der Waals surface area (Å²) in [5, 5.41) is 13.9. The van der Waals surface area contributed by atoms with Crippen LogP contribution in [0.4, 0.5) is 5.95 Å². The van der Waals surface area contributed by atoms with Crippen LogP contribution in [0.25, 0.3) is 16.2 Å². The van der Waals surface area contributed by atoms with E-state index in [1.54, 1.807) is 11.3 Å². The number of aromatic nitrogens is 3. The van der Waals surface area contributed by atoms with Gasteiger partial charge >= 0.3 is 0 Å². The minimum atomic E-state index is 0.471. The zero-order chi connectivity index (χ0) is 18.1. The van der Waals surface area contributed by atoms with Gasteiger partial charge in [0, 0.05) is 17.0 Å². The molecule has 1 aromatic carbocycles. The third-order valence-electron chi connectivity index (χ3n) is 4.91. The number of hydrogen-bond acceptors (Lipinski definition) is 4. The lowest BCUT2D eigenvalue weighted by molar-refractivity contribution is 0.414. The van der Waals surface area contributed by atoms with Crippen LogP contribution in [0.15, 0.2) is 23.6 Å². The average Bonchev–Trinajstić information content (AvgIpc) is 3.16. The Morgan fingerprint density at radius 1 is 1.23 bits per heavy atom. The highest BCUT2D eigenvalue weighted by Crippen LogP contribution is 2.29. The predicted octanol–water partition coefficient (Wildman–Crippen LogP) is 4.69. The van der Waals surface area contributed by atoms with Crippen LogP contribution in [0, 0.1) is 13.8 Å². The molecular formula is C19H23N5S2. The van der Waals surface area contributed by atoms with Gasteiger partial charge in [-0.05, 0) is 44.5 Å². The number of rotatable bonds is 3. The van der Waals surface area contributed by atoms with Crippen LogP contribution < -0.4 is 10.6 Å². The largest absolute Gasteiger partial charge is 0.360 e. The second-order valence-corrected chi connectivity index (χ2v) is 8.25. The lowest BCUT2D eigenvalue weighted by atomic mass is 9.96. The molecule has 0 atom stereocenters. The molecule has 5 nitrogen and oxygen atoms in total. The van der Waals surface area contributed by atoms with E-state index in [9.17, 15) is 0 Å². The van der Waals surface area contributed by atoms with E-state index in [4.69, 9.17) is 12.2 Å². The van der Waals surface area contributed by atoms with Crippen LogP contribution in [-0.4, -0.2) is 25.8 Å². The van der Waals surface area contributed by atoms with Crippen molar-refractivity contribution in [3.8, 4) is 11.3 Å². The molecule has 3 aromatic rings. The molecule has 136 valence electrons. The van der Waals surface area contributed by atoms with Crippen LogP contribution in [0.1, 0.15) is 43.2 Å². The van der Waals surface area contributed by atoms with E-state index < -0.39 is 0 Å². The SMILES string of the molecule is Cc1ccc(-c2csc3nc(NC(=S)NC4CCCCC4)nn23)c(C)c1. The van der Waals surface area contributed by atoms with Crippen LogP contribution in [0.3, 0.4) is 0 Å². The highest BCUT2D eigenvalue weighted by molar-refractivity contribution is 7.80. The molecule has 2 N–H and O–H groups in total. The van der Waals surface area contributed by atoms with Gasteiger partial charge in [-0.3, -0.25) is 5.32 Å². The van der Waals surface area contributed by atoms with Crippen molar-refractivity contribution in [2.45, 2.75) is 52.0 Å².